The van der Waals surface area contributed by atoms with Crippen molar-refractivity contribution in [3.8, 4) is 11.1 Å². The Morgan fingerprint density at radius 2 is 1.75 bits per heavy atom. The number of carbonyl (C=O) groups is 2. The molecule has 2 aliphatic heterocycles. The van der Waals surface area contributed by atoms with E-state index in [4.69, 9.17) is 4.74 Å². The largest absolute Gasteiger partial charge is 0.378 e. The van der Waals surface area contributed by atoms with Crippen LogP contribution in [-0.4, -0.2) is 73.6 Å². The maximum atomic E-state index is 13.6. The Hall–Kier alpha value is -4.96. The average molecular weight is 593 g/mol. The predicted molar refractivity (Wildman–Crippen MR) is 172 cm³/mol. The molecule has 2 N–H and O–H groups in total. The molecular formula is C34H36N6O4. The highest BCUT2D eigenvalue weighted by molar-refractivity contribution is 6.09. The summed E-state index contributed by atoms with van der Waals surface area (Å²) in [7, 11) is 3.99. The van der Waals surface area contributed by atoms with Crippen molar-refractivity contribution < 1.29 is 14.3 Å². The molecule has 10 heteroatoms. The van der Waals surface area contributed by atoms with Gasteiger partial charge in [-0.1, -0.05) is 12.1 Å². The van der Waals surface area contributed by atoms with E-state index in [9.17, 15) is 14.4 Å². The van der Waals surface area contributed by atoms with Crippen LogP contribution in [-0.2, 0) is 11.2 Å². The number of pyridine rings is 2. The first-order chi connectivity index (χ1) is 21.2. The lowest BCUT2D eigenvalue weighted by Crippen LogP contribution is -2.40. The van der Waals surface area contributed by atoms with E-state index >= 15 is 0 Å². The fourth-order valence-electron chi connectivity index (χ4n) is 5.87. The zero-order valence-electron chi connectivity index (χ0n) is 25.4. The number of aromatic amines is 1. The standard InChI is InChI=1S/C34H36N6O4/c1-21-26(6-5-7-30(21)40-13-12-23-18-25(38(3)4)9-10-27(23)34(40)43)28-19-29(32(41)36-22(28)2)37-31-11-8-24(20-35-31)33(42)39-14-16-44-17-15-39/h5-11,18-20H,12-17H2,1-4H3,(H,35,37)(H,36,41). The highest BCUT2D eigenvalue weighted by Gasteiger charge is 2.28. The van der Waals surface area contributed by atoms with Crippen LogP contribution in [0, 0.1) is 13.8 Å². The summed E-state index contributed by atoms with van der Waals surface area (Å²) in [5.74, 6) is 0.343. The Balaban J connectivity index is 1.26. The minimum absolute atomic E-state index is 0.0148. The third-order valence-electron chi connectivity index (χ3n) is 8.38. The Kier molecular flexibility index (Phi) is 7.92. The quantitative estimate of drug-likeness (QED) is 0.338. The number of fused-ring (bicyclic) bond motifs is 1. The van der Waals surface area contributed by atoms with Crippen molar-refractivity contribution >= 4 is 34.7 Å². The van der Waals surface area contributed by atoms with Crippen LogP contribution in [0.3, 0.4) is 0 Å². The third kappa shape index (κ3) is 5.56. The number of H-pyrrole nitrogens is 1. The average Bonchev–Trinajstić information content (AvgIpc) is 3.03. The molecule has 4 aromatic rings. The van der Waals surface area contributed by atoms with Crippen molar-refractivity contribution in [3.05, 3.63) is 99.1 Å². The zero-order valence-corrected chi connectivity index (χ0v) is 25.4. The summed E-state index contributed by atoms with van der Waals surface area (Å²) in [5.41, 5.74) is 7.65. The number of nitrogens with one attached hydrogen (secondary N) is 2. The summed E-state index contributed by atoms with van der Waals surface area (Å²) in [6.45, 7) is 6.61. The molecule has 0 saturated carbocycles. The molecule has 0 unspecified atom stereocenters. The van der Waals surface area contributed by atoms with E-state index < -0.39 is 0 Å². The van der Waals surface area contributed by atoms with E-state index in [1.807, 2.05) is 74.1 Å². The SMILES string of the molecule is Cc1[nH]c(=O)c(Nc2ccc(C(=O)N3CCOCC3)cn2)cc1-c1cccc(N2CCc3cc(N(C)C)ccc3C2=O)c1C. The molecule has 2 aromatic carbocycles. The Morgan fingerprint density at radius 3 is 2.48 bits per heavy atom. The first-order valence-electron chi connectivity index (χ1n) is 14.8. The number of aromatic nitrogens is 2. The van der Waals surface area contributed by atoms with Crippen LogP contribution >= 0.6 is 0 Å². The number of hydrogen-bond donors (Lipinski definition) is 2. The number of aryl methyl sites for hydroxylation is 1. The number of benzene rings is 2. The van der Waals surface area contributed by atoms with Gasteiger partial charge in [-0.25, -0.2) is 4.98 Å². The van der Waals surface area contributed by atoms with Gasteiger partial charge in [0, 0.05) is 68.1 Å². The molecule has 0 spiro atoms. The van der Waals surface area contributed by atoms with Crippen LogP contribution in [0.2, 0.25) is 0 Å². The van der Waals surface area contributed by atoms with Crippen molar-refractivity contribution in [3.63, 3.8) is 0 Å². The summed E-state index contributed by atoms with van der Waals surface area (Å²) in [5, 5.41) is 3.12. The second-order valence-electron chi connectivity index (χ2n) is 11.4. The molecule has 1 saturated heterocycles. The number of carbonyl (C=O) groups excluding carboxylic acids is 2. The number of morpholine rings is 1. The van der Waals surface area contributed by atoms with Gasteiger partial charge in [-0.15, -0.1) is 0 Å². The minimum Gasteiger partial charge on any atom is -0.378 e. The number of anilines is 4. The summed E-state index contributed by atoms with van der Waals surface area (Å²) < 4.78 is 5.33. The molecule has 2 aromatic heterocycles. The maximum Gasteiger partial charge on any atom is 0.271 e. The van der Waals surface area contributed by atoms with Gasteiger partial charge in [0.15, 0.2) is 0 Å². The fourth-order valence-corrected chi connectivity index (χ4v) is 5.87. The second kappa shape index (κ2) is 12.0. The monoisotopic (exact) mass is 592 g/mol. The van der Waals surface area contributed by atoms with Crippen molar-refractivity contribution in [2.75, 3.05) is 62.1 Å². The lowest BCUT2D eigenvalue weighted by Gasteiger charge is -2.31. The van der Waals surface area contributed by atoms with E-state index in [0.717, 1.165) is 45.6 Å². The third-order valence-corrected chi connectivity index (χ3v) is 8.38. The van der Waals surface area contributed by atoms with E-state index in [0.29, 0.717) is 55.6 Å². The van der Waals surface area contributed by atoms with Gasteiger partial charge in [0.2, 0.25) is 0 Å². The van der Waals surface area contributed by atoms with Gasteiger partial charge >= 0.3 is 0 Å². The summed E-state index contributed by atoms with van der Waals surface area (Å²) in [6.07, 6.45) is 2.29. The molecule has 2 aliphatic rings. The zero-order chi connectivity index (χ0) is 31.0. The molecule has 0 bridgehead atoms. The normalized spacial score (nSPS) is 14.8. The molecule has 226 valence electrons. The van der Waals surface area contributed by atoms with E-state index in [1.54, 1.807) is 17.0 Å². The van der Waals surface area contributed by atoms with Crippen molar-refractivity contribution in [1.29, 1.82) is 0 Å². The Morgan fingerprint density at radius 1 is 0.955 bits per heavy atom. The summed E-state index contributed by atoms with van der Waals surface area (Å²) in [6, 6.07) is 17.1. The first kappa shape index (κ1) is 29.1. The first-order valence-corrected chi connectivity index (χ1v) is 14.8. The molecule has 0 radical (unpaired) electrons. The predicted octanol–water partition coefficient (Wildman–Crippen LogP) is 4.54. The smallest absolute Gasteiger partial charge is 0.271 e. The van der Waals surface area contributed by atoms with E-state index in [1.165, 1.54) is 6.20 Å². The van der Waals surface area contributed by atoms with Crippen LogP contribution in [0.1, 0.15) is 37.5 Å². The Bertz CT molecular complexity index is 1790. The molecule has 0 atom stereocenters. The van der Waals surface area contributed by atoms with Gasteiger partial charge in [-0.2, -0.15) is 0 Å². The Labute approximate surface area is 256 Å². The summed E-state index contributed by atoms with van der Waals surface area (Å²) in [4.78, 5) is 52.4. The van der Waals surface area contributed by atoms with Gasteiger partial charge in [-0.3, -0.25) is 14.4 Å². The van der Waals surface area contributed by atoms with Gasteiger partial charge in [-0.05, 0) is 79.4 Å². The lowest BCUT2D eigenvalue weighted by atomic mass is 9.94. The highest BCUT2D eigenvalue weighted by atomic mass is 16.5. The molecule has 6 rings (SSSR count). The highest BCUT2D eigenvalue weighted by Crippen LogP contribution is 2.35. The van der Waals surface area contributed by atoms with Crippen LogP contribution in [0.15, 0.2) is 65.6 Å². The van der Waals surface area contributed by atoms with Crippen LogP contribution in [0.4, 0.5) is 22.9 Å². The van der Waals surface area contributed by atoms with E-state index in [2.05, 4.69) is 21.4 Å². The van der Waals surface area contributed by atoms with Crippen molar-refractivity contribution in [1.82, 2.24) is 14.9 Å². The van der Waals surface area contributed by atoms with Gasteiger partial charge in [0.25, 0.3) is 17.4 Å². The van der Waals surface area contributed by atoms with Crippen molar-refractivity contribution in [2.45, 2.75) is 20.3 Å². The van der Waals surface area contributed by atoms with Crippen LogP contribution < -0.4 is 20.7 Å². The fraction of sp³-hybridized carbons (Fsp3) is 0.294. The van der Waals surface area contributed by atoms with Crippen LogP contribution in [0.5, 0.6) is 0 Å². The number of hydrogen-bond acceptors (Lipinski definition) is 7. The minimum atomic E-state index is -0.282. The van der Waals surface area contributed by atoms with Crippen LogP contribution in [0.25, 0.3) is 11.1 Å². The number of amides is 2. The molecule has 10 nitrogen and oxygen atoms in total. The van der Waals surface area contributed by atoms with Gasteiger partial charge in [0.1, 0.15) is 11.5 Å². The molecular weight excluding hydrogens is 556 g/mol. The molecule has 0 aliphatic carbocycles. The maximum absolute atomic E-state index is 13.6. The summed E-state index contributed by atoms with van der Waals surface area (Å²) >= 11 is 0. The molecule has 44 heavy (non-hydrogen) atoms. The van der Waals surface area contributed by atoms with Crippen molar-refractivity contribution in [2.24, 2.45) is 0 Å². The molecule has 2 amide bonds. The molecule has 1 fully saturated rings. The number of nitrogens with zero attached hydrogens (tertiary/aromatic N) is 4. The van der Waals surface area contributed by atoms with E-state index in [-0.39, 0.29) is 17.4 Å². The van der Waals surface area contributed by atoms with Gasteiger partial charge < -0.3 is 29.7 Å². The number of rotatable bonds is 6. The number of ether oxygens (including phenoxy) is 1. The lowest BCUT2D eigenvalue weighted by molar-refractivity contribution is 0.0302. The van der Waals surface area contributed by atoms with Gasteiger partial charge in [0.05, 0.1) is 18.8 Å². The topological polar surface area (TPSA) is 111 Å². The molecule has 4 heterocycles. The second-order valence-corrected chi connectivity index (χ2v) is 11.4.